The van der Waals surface area contributed by atoms with E-state index in [2.05, 4.69) is 40.9 Å². The van der Waals surface area contributed by atoms with Gasteiger partial charge >= 0.3 is 0 Å². The van der Waals surface area contributed by atoms with Crippen molar-refractivity contribution in [1.82, 2.24) is 4.72 Å². The van der Waals surface area contributed by atoms with E-state index in [1.54, 1.807) is 20.8 Å². The van der Waals surface area contributed by atoms with Crippen LogP contribution >= 0.6 is 0 Å². The van der Waals surface area contributed by atoms with Crippen molar-refractivity contribution in [2.75, 3.05) is 23.3 Å². The van der Waals surface area contributed by atoms with Crippen LogP contribution in [0.3, 0.4) is 0 Å². The first-order valence-electron chi connectivity index (χ1n) is 11.7. The van der Waals surface area contributed by atoms with Gasteiger partial charge in [-0.3, -0.25) is 4.79 Å². The van der Waals surface area contributed by atoms with Crippen LogP contribution in [0.1, 0.15) is 65.9 Å². The number of hydrogen-bond donors (Lipinski definition) is 2. The van der Waals surface area contributed by atoms with Crippen LogP contribution in [0.5, 0.6) is 0 Å². The van der Waals surface area contributed by atoms with Crippen LogP contribution in [0, 0.1) is 12.8 Å². The van der Waals surface area contributed by atoms with Crippen LogP contribution in [0.4, 0.5) is 11.4 Å². The molecular weight excluding hydrogens is 426 g/mol. The largest absolute Gasteiger partial charge is 0.372 e. The third-order valence-electron chi connectivity index (χ3n) is 6.48. The summed E-state index contributed by atoms with van der Waals surface area (Å²) in [6, 6.07) is 6.07. The summed E-state index contributed by atoms with van der Waals surface area (Å²) in [5.41, 5.74) is 3.02. The Balaban J connectivity index is 1.55. The first-order valence-corrected chi connectivity index (χ1v) is 13.2. The highest BCUT2D eigenvalue weighted by molar-refractivity contribution is 7.90. The molecule has 1 saturated heterocycles. The molecule has 1 amide bonds. The molecule has 1 heterocycles. The number of carbonyl (C=O) groups is 1. The molecule has 8 heteroatoms. The van der Waals surface area contributed by atoms with E-state index in [-0.39, 0.29) is 30.1 Å². The van der Waals surface area contributed by atoms with Crippen molar-refractivity contribution in [2.24, 2.45) is 5.92 Å². The van der Waals surface area contributed by atoms with Crippen molar-refractivity contribution in [3.8, 4) is 0 Å². The number of nitrogens with one attached hydrogen (secondary N) is 2. The first kappa shape index (κ1) is 25.0. The first-order chi connectivity index (χ1) is 14.9. The van der Waals surface area contributed by atoms with Gasteiger partial charge < -0.3 is 15.0 Å². The van der Waals surface area contributed by atoms with Crippen molar-refractivity contribution in [2.45, 2.75) is 90.2 Å². The van der Waals surface area contributed by atoms with Crippen LogP contribution in [0.15, 0.2) is 18.2 Å². The smallest absolute Gasteiger partial charge is 0.227 e. The number of ether oxygens (including phenoxy) is 1. The molecule has 32 heavy (non-hydrogen) atoms. The van der Waals surface area contributed by atoms with E-state index in [0.29, 0.717) is 25.7 Å². The summed E-state index contributed by atoms with van der Waals surface area (Å²) < 4.78 is 32.6. The van der Waals surface area contributed by atoms with Crippen molar-refractivity contribution in [3.63, 3.8) is 0 Å². The molecule has 7 nitrogen and oxygen atoms in total. The van der Waals surface area contributed by atoms with Gasteiger partial charge in [-0.15, -0.1) is 0 Å². The second-order valence-corrected chi connectivity index (χ2v) is 12.9. The molecule has 1 aliphatic carbocycles. The summed E-state index contributed by atoms with van der Waals surface area (Å²) in [6.07, 6.45) is 3.12. The second-order valence-electron chi connectivity index (χ2n) is 10.4. The lowest BCUT2D eigenvalue weighted by molar-refractivity contribution is -0.120. The molecule has 1 aliphatic heterocycles. The molecule has 180 valence electrons. The summed E-state index contributed by atoms with van der Waals surface area (Å²) in [5, 5.41) is 3.09. The highest BCUT2D eigenvalue weighted by atomic mass is 32.2. The average Bonchev–Trinajstić information content (AvgIpc) is 2.68. The monoisotopic (exact) mass is 465 g/mol. The number of hydrogen-bond acceptors (Lipinski definition) is 5. The number of carbonyl (C=O) groups excluding carboxylic acids is 1. The minimum absolute atomic E-state index is 0.0200. The molecule has 2 atom stereocenters. The molecule has 2 N–H and O–H groups in total. The van der Waals surface area contributed by atoms with Gasteiger partial charge in [0.1, 0.15) is 0 Å². The molecule has 2 aliphatic rings. The number of sulfonamides is 1. The lowest BCUT2D eigenvalue weighted by Crippen LogP contribution is -2.46. The van der Waals surface area contributed by atoms with E-state index in [1.165, 1.54) is 0 Å². The maximum atomic E-state index is 12.9. The number of benzene rings is 1. The van der Waals surface area contributed by atoms with Gasteiger partial charge in [-0.1, -0.05) is 0 Å². The fraction of sp³-hybridized carbons (Fsp3) is 0.708. The Morgan fingerprint density at radius 3 is 2.19 bits per heavy atom. The van der Waals surface area contributed by atoms with Crippen molar-refractivity contribution in [1.29, 1.82) is 0 Å². The van der Waals surface area contributed by atoms with Gasteiger partial charge in [0.2, 0.25) is 15.9 Å². The number of nitrogens with zero attached hydrogens (tertiary/aromatic N) is 1. The van der Waals surface area contributed by atoms with Crippen LogP contribution < -0.4 is 14.9 Å². The van der Waals surface area contributed by atoms with Crippen molar-refractivity contribution in [3.05, 3.63) is 23.8 Å². The van der Waals surface area contributed by atoms with Crippen LogP contribution in [-0.2, 0) is 19.6 Å². The lowest BCUT2D eigenvalue weighted by atomic mass is 9.86. The Morgan fingerprint density at radius 2 is 1.66 bits per heavy atom. The van der Waals surface area contributed by atoms with E-state index in [1.807, 2.05) is 13.0 Å². The molecule has 1 aromatic carbocycles. The quantitative estimate of drug-likeness (QED) is 0.690. The molecule has 1 saturated carbocycles. The Bertz CT molecular complexity index is 908. The Morgan fingerprint density at radius 1 is 1.06 bits per heavy atom. The number of amides is 1. The highest BCUT2D eigenvalue weighted by Crippen LogP contribution is 2.29. The molecular formula is C24H39N3O4S. The van der Waals surface area contributed by atoms with Gasteiger partial charge in [-0.25, -0.2) is 13.1 Å². The van der Waals surface area contributed by atoms with Gasteiger partial charge in [0.05, 0.1) is 17.0 Å². The fourth-order valence-corrected chi connectivity index (χ4v) is 5.51. The molecule has 3 rings (SSSR count). The zero-order chi connectivity index (χ0) is 23.7. The summed E-state index contributed by atoms with van der Waals surface area (Å²) in [7, 11) is -3.37. The molecule has 2 fully saturated rings. The third kappa shape index (κ3) is 6.02. The molecule has 0 radical (unpaired) electrons. The van der Waals surface area contributed by atoms with Gasteiger partial charge in [0.15, 0.2) is 0 Å². The minimum atomic E-state index is -3.37. The summed E-state index contributed by atoms with van der Waals surface area (Å²) in [4.78, 5) is 15.2. The number of anilines is 2. The molecule has 1 aromatic rings. The van der Waals surface area contributed by atoms with E-state index in [4.69, 9.17) is 4.74 Å². The van der Waals surface area contributed by atoms with E-state index >= 15 is 0 Å². The minimum Gasteiger partial charge on any atom is -0.372 e. The zero-order valence-electron chi connectivity index (χ0n) is 20.3. The van der Waals surface area contributed by atoms with E-state index < -0.39 is 14.8 Å². The maximum absolute atomic E-state index is 12.9. The zero-order valence-corrected chi connectivity index (χ0v) is 21.1. The number of morpholine rings is 1. The molecule has 0 spiro atoms. The van der Waals surface area contributed by atoms with Gasteiger partial charge in [-0.05, 0) is 91.0 Å². The predicted octanol–water partition coefficient (Wildman–Crippen LogP) is 3.82. The average molecular weight is 466 g/mol. The standard InChI is InChI=1S/C24H39N3O4S/c1-16-13-21(27-14-17(2)31-18(3)15-27)11-12-22(16)25-23(28)19-7-9-20(10-8-19)26-32(29,30)24(4,5)6/h11-13,17-20,26H,7-10,14-15H2,1-6H3,(H,25,28)/t17-,18+,19-,20-. The van der Waals surface area contributed by atoms with Crippen LogP contribution in [0.2, 0.25) is 0 Å². The highest BCUT2D eigenvalue weighted by Gasteiger charge is 2.34. The Labute approximate surface area is 193 Å². The Hall–Kier alpha value is -1.64. The number of aryl methyl sites for hydroxylation is 1. The molecule has 0 bridgehead atoms. The van der Waals surface area contributed by atoms with Gasteiger partial charge in [0, 0.05) is 36.4 Å². The molecule has 0 aromatic heterocycles. The maximum Gasteiger partial charge on any atom is 0.227 e. The van der Waals surface area contributed by atoms with Crippen LogP contribution in [0.25, 0.3) is 0 Å². The third-order valence-corrected chi connectivity index (χ3v) is 8.73. The predicted molar refractivity (Wildman–Crippen MR) is 130 cm³/mol. The van der Waals surface area contributed by atoms with Gasteiger partial charge in [-0.2, -0.15) is 0 Å². The van der Waals surface area contributed by atoms with E-state index in [0.717, 1.165) is 30.0 Å². The number of rotatable bonds is 5. The van der Waals surface area contributed by atoms with Crippen LogP contribution in [-0.4, -0.2) is 50.4 Å². The van der Waals surface area contributed by atoms with Crippen molar-refractivity contribution >= 4 is 27.3 Å². The second kappa shape index (κ2) is 9.69. The topological polar surface area (TPSA) is 87.7 Å². The lowest BCUT2D eigenvalue weighted by Gasteiger charge is -2.37. The summed E-state index contributed by atoms with van der Waals surface area (Å²) in [5.74, 6) is -0.0722. The summed E-state index contributed by atoms with van der Waals surface area (Å²) >= 11 is 0. The summed E-state index contributed by atoms with van der Waals surface area (Å²) in [6.45, 7) is 13.0. The van der Waals surface area contributed by atoms with Crippen molar-refractivity contribution < 1.29 is 17.9 Å². The van der Waals surface area contributed by atoms with E-state index in [9.17, 15) is 13.2 Å². The SMILES string of the molecule is Cc1cc(N2C[C@@H](C)O[C@@H](C)C2)ccc1NC(=O)[C@H]1CC[C@H](NS(=O)(=O)C(C)(C)C)CC1. The van der Waals surface area contributed by atoms with Gasteiger partial charge in [0.25, 0.3) is 0 Å². The normalized spacial score (nSPS) is 27.2. The molecule has 0 unspecified atom stereocenters. The Kier molecular flexibility index (Phi) is 7.57. The fourth-order valence-electron chi connectivity index (χ4n) is 4.48.